The summed E-state index contributed by atoms with van der Waals surface area (Å²) in [5.74, 6) is 0. The van der Waals surface area contributed by atoms with Gasteiger partial charge in [0.15, 0.2) is 0 Å². The molecule has 2 aliphatic rings. The Kier molecular flexibility index (Phi) is 5.11. The Labute approximate surface area is 201 Å². The molecule has 4 aromatic carbocycles. The van der Waals surface area contributed by atoms with Gasteiger partial charge in [0.25, 0.3) is 0 Å². The van der Waals surface area contributed by atoms with Crippen molar-refractivity contribution < 1.29 is 13.6 Å². The summed E-state index contributed by atoms with van der Waals surface area (Å²) >= 11 is 0. The average Bonchev–Trinajstić information content (AvgIpc) is 3.25. The predicted octanol–water partition coefficient (Wildman–Crippen LogP) is 8.18. The highest BCUT2D eigenvalue weighted by atomic mass is 31.1. The smallest absolute Gasteiger partial charge is 0.297 e. The van der Waals surface area contributed by atoms with Crippen molar-refractivity contribution in [3.63, 3.8) is 0 Å². The molecule has 4 heteroatoms. The molecule has 4 aromatic rings. The van der Waals surface area contributed by atoms with Crippen LogP contribution in [0.1, 0.15) is 56.7 Å². The molecular weight excluding hydrogens is 439 g/mol. The van der Waals surface area contributed by atoms with Gasteiger partial charge in [-0.3, -0.25) is 13.6 Å². The van der Waals surface area contributed by atoms with Crippen molar-refractivity contribution >= 4 is 8.25 Å². The van der Waals surface area contributed by atoms with Gasteiger partial charge in [-0.2, -0.15) is 0 Å². The molecule has 0 spiro atoms. The zero-order valence-corrected chi connectivity index (χ0v) is 20.8. The normalized spacial score (nSPS) is 14.3. The lowest BCUT2D eigenvalue weighted by atomic mass is 10.0. The van der Waals surface area contributed by atoms with E-state index in [2.05, 4.69) is 100 Å². The molecule has 0 saturated carbocycles. The molecule has 0 heterocycles. The summed E-state index contributed by atoms with van der Waals surface area (Å²) in [6.07, 6.45) is -0.789. The molecular formula is C30H27O3P. The van der Waals surface area contributed by atoms with E-state index in [4.69, 9.17) is 9.05 Å². The lowest BCUT2D eigenvalue weighted by molar-refractivity contribution is 0.167. The van der Waals surface area contributed by atoms with Crippen LogP contribution in [0.2, 0.25) is 0 Å². The van der Waals surface area contributed by atoms with E-state index >= 15 is 0 Å². The van der Waals surface area contributed by atoms with Crippen molar-refractivity contribution in [3.8, 4) is 22.3 Å². The Hall–Kier alpha value is -2.97. The van der Waals surface area contributed by atoms with Crippen LogP contribution < -0.4 is 0 Å². The van der Waals surface area contributed by atoms with Crippen LogP contribution in [-0.2, 0) is 13.6 Å². The maximum Gasteiger partial charge on any atom is 0.320 e. The lowest BCUT2D eigenvalue weighted by Crippen LogP contribution is -2.02. The van der Waals surface area contributed by atoms with Gasteiger partial charge in [-0.25, -0.2) is 0 Å². The van der Waals surface area contributed by atoms with Crippen LogP contribution >= 0.6 is 8.25 Å². The van der Waals surface area contributed by atoms with Crippen molar-refractivity contribution in [2.75, 3.05) is 0 Å². The first-order chi connectivity index (χ1) is 16.4. The summed E-state index contributed by atoms with van der Waals surface area (Å²) in [5.41, 5.74) is 13.6. The Bertz CT molecular complexity index is 1270. The summed E-state index contributed by atoms with van der Waals surface area (Å²) < 4.78 is 25.8. The van der Waals surface area contributed by atoms with Crippen LogP contribution in [0.25, 0.3) is 22.3 Å². The molecule has 0 atom stereocenters. The molecule has 0 aliphatic heterocycles. The standard InChI is InChI=1S/C30H27O3P/c1-17-5-9-21-25(13-17)26-14-18(2)6-10-22(26)29(21)32-34(31)33-30-23-11-7-19(3)15-27(23)28-16-20(4)8-12-24(28)30/h5-16,29-30,34H,1-4H3. The summed E-state index contributed by atoms with van der Waals surface area (Å²) in [6, 6.07) is 25.4. The summed E-state index contributed by atoms with van der Waals surface area (Å²) in [5, 5.41) is 0. The minimum absolute atomic E-state index is 0.394. The van der Waals surface area contributed by atoms with Crippen molar-refractivity contribution in [2.24, 2.45) is 0 Å². The van der Waals surface area contributed by atoms with Crippen LogP contribution in [0.4, 0.5) is 0 Å². The molecule has 0 N–H and O–H groups in total. The minimum atomic E-state index is -2.81. The number of fused-ring (bicyclic) bond motifs is 6. The molecule has 0 aromatic heterocycles. The topological polar surface area (TPSA) is 35.5 Å². The summed E-state index contributed by atoms with van der Waals surface area (Å²) in [4.78, 5) is 0. The van der Waals surface area contributed by atoms with Crippen molar-refractivity contribution in [2.45, 2.75) is 39.9 Å². The highest BCUT2D eigenvalue weighted by Crippen LogP contribution is 2.54. The fourth-order valence-corrected chi connectivity index (χ4v) is 6.29. The first-order valence-corrected chi connectivity index (χ1v) is 12.9. The van der Waals surface area contributed by atoms with E-state index in [1.54, 1.807) is 0 Å². The largest absolute Gasteiger partial charge is 0.320 e. The van der Waals surface area contributed by atoms with Gasteiger partial charge in [-0.15, -0.1) is 0 Å². The molecule has 170 valence electrons. The van der Waals surface area contributed by atoms with E-state index in [1.165, 1.54) is 22.3 Å². The molecule has 0 fully saturated rings. The summed E-state index contributed by atoms with van der Waals surface area (Å²) in [7, 11) is -2.81. The van der Waals surface area contributed by atoms with Crippen LogP contribution in [0.15, 0.2) is 72.8 Å². The molecule has 0 radical (unpaired) electrons. The molecule has 6 rings (SSSR count). The van der Waals surface area contributed by atoms with Gasteiger partial charge >= 0.3 is 8.25 Å². The monoisotopic (exact) mass is 466 g/mol. The van der Waals surface area contributed by atoms with Gasteiger partial charge in [0, 0.05) is 0 Å². The van der Waals surface area contributed by atoms with Crippen LogP contribution in [0.5, 0.6) is 0 Å². The third-order valence-electron chi connectivity index (χ3n) is 6.97. The highest BCUT2D eigenvalue weighted by Gasteiger charge is 2.34. The van der Waals surface area contributed by atoms with Crippen LogP contribution in [-0.4, -0.2) is 0 Å². The Morgan fingerprint density at radius 3 is 1.03 bits per heavy atom. The van der Waals surface area contributed by atoms with E-state index in [-0.39, 0.29) is 0 Å². The zero-order valence-electron chi connectivity index (χ0n) is 19.8. The van der Waals surface area contributed by atoms with Gasteiger partial charge in [-0.05, 0) is 72.2 Å². The van der Waals surface area contributed by atoms with Gasteiger partial charge < -0.3 is 0 Å². The Morgan fingerprint density at radius 1 is 0.500 bits per heavy atom. The number of aryl methyl sites for hydroxylation is 4. The number of benzene rings is 4. The third-order valence-corrected chi connectivity index (χ3v) is 7.83. The second-order valence-electron chi connectivity index (χ2n) is 9.61. The second-order valence-corrected chi connectivity index (χ2v) is 10.6. The summed E-state index contributed by atoms with van der Waals surface area (Å²) in [6.45, 7) is 8.37. The van der Waals surface area contributed by atoms with Gasteiger partial charge in [-0.1, -0.05) is 95.1 Å². The van der Waals surface area contributed by atoms with E-state index in [0.29, 0.717) is 0 Å². The van der Waals surface area contributed by atoms with Gasteiger partial charge in [0.05, 0.1) is 0 Å². The molecule has 0 unspecified atom stereocenters. The Balaban J connectivity index is 1.34. The highest BCUT2D eigenvalue weighted by molar-refractivity contribution is 7.33. The van der Waals surface area contributed by atoms with E-state index in [0.717, 1.165) is 44.5 Å². The first-order valence-electron chi connectivity index (χ1n) is 11.7. The van der Waals surface area contributed by atoms with Crippen LogP contribution in [0, 0.1) is 27.7 Å². The van der Waals surface area contributed by atoms with Gasteiger partial charge in [0.2, 0.25) is 0 Å². The van der Waals surface area contributed by atoms with Crippen LogP contribution in [0.3, 0.4) is 0 Å². The molecule has 0 bridgehead atoms. The SMILES string of the molecule is Cc1ccc2c(c1)-c1cc(C)ccc1C2O[PH](=O)OC1c2ccc(C)cc2-c2cc(C)ccc21. The number of hydrogen-bond donors (Lipinski definition) is 0. The third kappa shape index (κ3) is 3.47. The predicted molar refractivity (Wildman–Crippen MR) is 138 cm³/mol. The maximum atomic E-state index is 13.4. The van der Waals surface area contributed by atoms with E-state index in [9.17, 15) is 4.57 Å². The minimum Gasteiger partial charge on any atom is -0.297 e. The average molecular weight is 467 g/mol. The fourth-order valence-electron chi connectivity index (χ4n) is 5.34. The molecule has 0 amide bonds. The fraction of sp³-hybridized carbons (Fsp3) is 0.200. The molecule has 0 saturated heterocycles. The zero-order chi connectivity index (χ0) is 23.6. The molecule has 2 aliphatic carbocycles. The molecule has 3 nitrogen and oxygen atoms in total. The van der Waals surface area contributed by atoms with Crippen molar-refractivity contribution in [1.82, 2.24) is 0 Å². The first kappa shape index (κ1) is 21.6. The Morgan fingerprint density at radius 2 is 0.765 bits per heavy atom. The maximum absolute atomic E-state index is 13.4. The van der Waals surface area contributed by atoms with E-state index in [1.807, 2.05) is 0 Å². The van der Waals surface area contributed by atoms with Crippen molar-refractivity contribution in [3.05, 3.63) is 117 Å². The lowest BCUT2D eigenvalue weighted by Gasteiger charge is -2.19. The number of hydrogen-bond acceptors (Lipinski definition) is 3. The molecule has 34 heavy (non-hydrogen) atoms. The quantitative estimate of drug-likeness (QED) is 0.285. The van der Waals surface area contributed by atoms with E-state index < -0.39 is 20.5 Å². The number of rotatable bonds is 4. The second kappa shape index (κ2) is 8.06. The van der Waals surface area contributed by atoms with Crippen molar-refractivity contribution in [1.29, 1.82) is 0 Å². The van der Waals surface area contributed by atoms with Gasteiger partial charge in [0.1, 0.15) is 12.2 Å².